The smallest absolute Gasteiger partial charge is 0.269 e. The monoisotopic (exact) mass is 388 g/mol. The molecule has 0 aromatic heterocycles. The number of hydrogen-bond acceptors (Lipinski definition) is 6. The lowest BCUT2D eigenvalue weighted by Crippen LogP contribution is -2.41. The number of fused-ring (bicyclic) bond motifs is 2. The summed E-state index contributed by atoms with van der Waals surface area (Å²) < 4.78 is 36.2. The van der Waals surface area contributed by atoms with Gasteiger partial charge >= 0.3 is 0 Å². The van der Waals surface area contributed by atoms with E-state index in [0.29, 0.717) is 15.8 Å². The van der Waals surface area contributed by atoms with Crippen molar-refractivity contribution < 1.29 is 27.5 Å². The molecule has 0 saturated carbocycles. The largest absolute Gasteiger partial charge is 0.454 e. The van der Waals surface area contributed by atoms with Crippen molar-refractivity contribution in [3.05, 3.63) is 53.6 Å². The highest BCUT2D eigenvalue weighted by Crippen LogP contribution is 2.34. The maximum absolute atomic E-state index is 12.5. The second-order valence-corrected chi connectivity index (χ2v) is 8.05. The number of carbonyl (C=O) groups is 2. The zero-order chi connectivity index (χ0) is 19.2. The number of ether oxygens (including phenoxy) is 2. The summed E-state index contributed by atoms with van der Waals surface area (Å²) in [5.41, 5.74) is 0.848. The van der Waals surface area contributed by atoms with Crippen LogP contribution in [-0.2, 0) is 14.8 Å². The number of nitrogens with one attached hydrogen (secondary N) is 1. The number of nitrogens with zero attached hydrogens (tertiary/aromatic N) is 1. The molecule has 0 unspecified atom stereocenters. The molecular weight excluding hydrogens is 372 g/mol. The second kappa shape index (κ2) is 6.27. The number of carbonyl (C=O) groups excluding carboxylic acids is 2. The first kappa shape index (κ1) is 17.3. The van der Waals surface area contributed by atoms with Crippen molar-refractivity contribution in [2.24, 2.45) is 0 Å². The van der Waals surface area contributed by atoms with E-state index in [2.05, 4.69) is 5.32 Å². The minimum atomic E-state index is -4.01. The van der Waals surface area contributed by atoms with Gasteiger partial charge in [0.15, 0.2) is 11.5 Å². The molecule has 2 aliphatic rings. The van der Waals surface area contributed by atoms with Gasteiger partial charge in [-0.15, -0.1) is 0 Å². The molecule has 2 aromatic rings. The quantitative estimate of drug-likeness (QED) is 0.850. The lowest BCUT2D eigenvalue weighted by molar-refractivity contribution is -0.121. The van der Waals surface area contributed by atoms with Gasteiger partial charge in [-0.2, -0.15) is 0 Å². The van der Waals surface area contributed by atoms with Crippen molar-refractivity contribution >= 4 is 21.8 Å². The summed E-state index contributed by atoms with van der Waals surface area (Å²) in [5, 5.41) is 2.71. The lowest BCUT2D eigenvalue weighted by Gasteiger charge is -2.18. The Morgan fingerprint density at radius 3 is 2.70 bits per heavy atom. The van der Waals surface area contributed by atoms with Crippen molar-refractivity contribution in [2.75, 3.05) is 13.3 Å². The molecule has 27 heavy (non-hydrogen) atoms. The molecule has 0 saturated heterocycles. The Kier molecular flexibility index (Phi) is 4.03. The number of rotatable bonds is 4. The van der Waals surface area contributed by atoms with E-state index in [4.69, 9.17) is 9.47 Å². The van der Waals surface area contributed by atoms with Gasteiger partial charge in [0.25, 0.3) is 15.9 Å². The van der Waals surface area contributed by atoms with Crippen LogP contribution in [0.2, 0.25) is 0 Å². The fourth-order valence-electron chi connectivity index (χ4n) is 3.07. The summed E-state index contributed by atoms with van der Waals surface area (Å²) in [5.74, 6) is -0.0634. The van der Waals surface area contributed by atoms with Gasteiger partial charge in [0, 0.05) is 0 Å². The molecule has 0 fully saturated rings. The maximum Gasteiger partial charge on any atom is 0.269 e. The minimum Gasteiger partial charge on any atom is -0.454 e. The average Bonchev–Trinajstić information content (AvgIpc) is 3.19. The van der Waals surface area contributed by atoms with Crippen LogP contribution in [0.3, 0.4) is 0 Å². The molecule has 0 bridgehead atoms. The maximum atomic E-state index is 12.5. The van der Waals surface area contributed by atoms with Crippen LogP contribution in [0.4, 0.5) is 0 Å². The molecule has 2 aromatic carbocycles. The summed E-state index contributed by atoms with van der Waals surface area (Å²) in [6.45, 7) is 1.32. The van der Waals surface area contributed by atoms with Crippen LogP contribution in [0.1, 0.15) is 28.9 Å². The predicted molar refractivity (Wildman–Crippen MR) is 93.8 cm³/mol. The van der Waals surface area contributed by atoms with E-state index in [1.165, 1.54) is 18.2 Å². The van der Waals surface area contributed by atoms with Crippen molar-refractivity contribution in [3.63, 3.8) is 0 Å². The number of amides is 2. The van der Waals surface area contributed by atoms with Crippen LogP contribution in [0, 0.1) is 0 Å². The number of benzene rings is 2. The van der Waals surface area contributed by atoms with Crippen molar-refractivity contribution in [3.8, 4) is 11.5 Å². The summed E-state index contributed by atoms with van der Waals surface area (Å²) in [6.07, 6.45) is 0. The van der Waals surface area contributed by atoms with Crippen LogP contribution < -0.4 is 14.8 Å². The Labute approximate surface area is 155 Å². The molecule has 1 atom stereocenters. The normalized spacial score (nSPS) is 17.5. The first-order chi connectivity index (χ1) is 12.9. The first-order valence-electron chi connectivity index (χ1n) is 8.23. The highest BCUT2D eigenvalue weighted by molar-refractivity contribution is 7.90. The fourth-order valence-corrected chi connectivity index (χ4v) is 4.60. The van der Waals surface area contributed by atoms with Crippen LogP contribution in [-0.4, -0.2) is 37.9 Å². The Balaban J connectivity index is 1.48. The predicted octanol–water partition coefficient (Wildman–Crippen LogP) is 1.44. The Morgan fingerprint density at radius 1 is 1.19 bits per heavy atom. The molecule has 8 nitrogen and oxygen atoms in total. The molecule has 2 amide bonds. The van der Waals surface area contributed by atoms with E-state index >= 15 is 0 Å². The third-order valence-electron chi connectivity index (χ3n) is 4.47. The summed E-state index contributed by atoms with van der Waals surface area (Å²) in [7, 11) is -4.01. The summed E-state index contributed by atoms with van der Waals surface area (Å²) >= 11 is 0. The van der Waals surface area contributed by atoms with Gasteiger partial charge in [-0.3, -0.25) is 9.59 Å². The Morgan fingerprint density at radius 2 is 1.93 bits per heavy atom. The molecule has 2 heterocycles. The van der Waals surface area contributed by atoms with Crippen LogP contribution >= 0.6 is 0 Å². The molecule has 9 heteroatoms. The molecule has 2 aliphatic heterocycles. The number of hydrogen-bond donors (Lipinski definition) is 1. The van der Waals surface area contributed by atoms with E-state index in [9.17, 15) is 18.0 Å². The lowest BCUT2D eigenvalue weighted by atomic mass is 10.1. The Hall–Kier alpha value is -3.07. The second-order valence-electron chi connectivity index (χ2n) is 6.21. The van der Waals surface area contributed by atoms with Crippen LogP contribution in [0.25, 0.3) is 0 Å². The van der Waals surface area contributed by atoms with E-state index in [1.54, 1.807) is 31.2 Å². The van der Waals surface area contributed by atoms with E-state index in [0.717, 1.165) is 5.56 Å². The van der Waals surface area contributed by atoms with Gasteiger partial charge in [-0.1, -0.05) is 18.2 Å². The van der Waals surface area contributed by atoms with Gasteiger partial charge < -0.3 is 14.8 Å². The van der Waals surface area contributed by atoms with Crippen molar-refractivity contribution in [1.82, 2.24) is 9.62 Å². The van der Waals surface area contributed by atoms with Gasteiger partial charge in [0.05, 0.1) is 11.6 Å². The van der Waals surface area contributed by atoms with Crippen molar-refractivity contribution in [1.29, 1.82) is 0 Å². The molecule has 0 aliphatic carbocycles. The van der Waals surface area contributed by atoms with Gasteiger partial charge in [-0.25, -0.2) is 12.7 Å². The molecule has 0 spiro atoms. The third kappa shape index (κ3) is 2.89. The zero-order valence-electron chi connectivity index (χ0n) is 14.3. The van der Waals surface area contributed by atoms with Crippen molar-refractivity contribution in [2.45, 2.75) is 17.9 Å². The molecule has 0 radical (unpaired) electrons. The van der Waals surface area contributed by atoms with E-state index in [1.807, 2.05) is 0 Å². The van der Waals surface area contributed by atoms with Gasteiger partial charge in [0.2, 0.25) is 12.7 Å². The average molecular weight is 388 g/mol. The molecule has 4 rings (SSSR count). The fraction of sp³-hybridized carbons (Fsp3) is 0.222. The third-order valence-corrected chi connectivity index (χ3v) is 6.26. The van der Waals surface area contributed by atoms with Crippen LogP contribution in [0.5, 0.6) is 11.5 Å². The summed E-state index contributed by atoms with van der Waals surface area (Å²) in [6, 6.07) is 10.8. The van der Waals surface area contributed by atoms with E-state index < -0.39 is 34.4 Å². The highest BCUT2D eigenvalue weighted by atomic mass is 32.2. The van der Waals surface area contributed by atoms with Gasteiger partial charge in [0.1, 0.15) is 11.4 Å². The zero-order valence-corrected chi connectivity index (χ0v) is 15.2. The van der Waals surface area contributed by atoms with Gasteiger partial charge in [-0.05, 0) is 36.8 Å². The Bertz CT molecular complexity index is 1050. The topological polar surface area (TPSA) is 102 Å². The molecular formula is C18H16N2O6S. The van der Waals surface area contributed by atoms with E-state index in [-0.39, 0.29) is 17.3 Å². The minimum absolute atomic E-state index is 0.0772. The molecule has 140 valence electrons. The standard InChI is InChI=1S/C18H16N2O6S/c1-11(12-6-7-14-15(8-12)26-10-25-14)19-17(21)9-20-18(22)13-4-2-3-5-16(13)27(20,23)24/h2-8,11H,9-10H2,1H3,(H,19,21)/t11-/m1/s1. The summed E-state index contributed by atoms with van der Waals surface area (Å²) in [4.78, 5) is 24.7. The van der Waals surface area contributed by atoms with Crippen LogP contribution in [0.15, 0.2) is 47.4 Å². The number of sulfonamides is 1. The molecule has 1 N–H and O–H groups in total. The highest BCUT2D eigenvalue weighted by Gasteiger charge is 2.41. The SMILES string of the molecule is C[C@@H](NC(=O)CN1C(=O)c2ccccc2S1(=O)=O)c1ccc2c(c1)OCO2. The first-order valence-corrected chi connectivity index (χ1v) is 9.67.